The van der Waals surface area contributed by atoms with Gasteiger partial charge in [-0.25, -0.2) is 0 Å². The largest absolute Gasteiger partial charge is 0.495 e. The van der Waals surface area contributed by atoms with Gasteiger partial charge >= 0.3 is 0 Å². The van der Waals surface area contributed by atoms with Gasteiger partial charge < -0.3 is 19.5 Å². The molecule has 0 saturated heterocycles. The van der Waals surface area contributed by atoms with Crippen LogP contribution in [0.4, 0.5) is 5.69 Å². The van der Waals surface area contributed by atoms with Gasteiger partial charge in [0.15, 0.2) is 11.5 Å². The fraction of sp³-hybridized carbons (Fsp3) is 0.238. The van der Waals surface area contributed by atoms with E-state index in [0.717, 1.165) is 5.56 Å². The number of methoxy groups -OCH3 is 2. The minimum absolute atomic E-state index is 0.0686. The summed E-state index contributed by atoms with van der Waals surface area (Å²) in [5.74, 6) is 0.953. The van der Waals surface area contributed by atoms with Crippen LogP contribution < -0.4 is 19.5 Å². The first-order valence-electron chi connectivity index (χ1n) is 8.51. The number of nitrogens with zero attached hydrogens (tertiary/aromatic N) is 1. The molecule has 0 aromatic heterocycles. The highest BCUT2D eigenvalue weighted by atomic mass is 35.5. The summed E-state index contributed by atoms with van der Waals surface area (Å²) in [6.07, 6.45) is 1.48. The van der Waals surface area contributed by atoms with Crippen molar-refractivity contribution >= 4 is 29.3 Å². The molecule has 0 bridgehead atoms. The third kappa shape index (κ3) is 4.96. The van der Waals surface area contributed by atoms with E-state index in [2.05, 4.69) is 5.32 Å². The maximum Gasteiger partial charge on any atom is 0.266 e. The van der Waals surface area contributed by atoms with Gasteiger partial charge in [-0.3, -0.25) is 4.79 Å². The summed E-state index contributed by atoms with van der Waals surface area (Å²) in [6, 6.07) is 10.4. The van der Waals surface area contributed by atoms with E-state index in [9.17, 15) is 10.1 Å². The quantitative estimate of drug-likeness (QED) is 0.542. The van der Waals surface area contributed by atoms with Crippen molar-refractivity contribution < 1.29 is 19.0 Å². The minimum atomic E-state index is -0.560. The Bertz CT molecular complexity index is 948. The van der Waals surface area contributed by atoms with Gasteiger partial charge in [0.2, 0.25) is 0 Å². The number of benzene rings is 2. The highest BCUT2D eigenvalue weighted by Crippen LogP contribution is 2.32. The van der Waals surface area contributed by atoms with E-state index < -0.39 is 5.91 Å². The van der Waals surface area contributed by atoms with Crippen LogP contribution in [0.3, 0.4) is 0 Å². The van der Waals surface area contributed by atoms with E-state index >= 15 is 0 Å². The number of nitriles is 1. The third-order valence-electron chi connectivity index (χ3n) is 3.89. The monoisotopic (exact) mass is 400 g/mol. The molecule has 1 N–H and O–H groups in total. The van der Waals surface area contributed by atoms with Gasteiger partial charge in [-0.15, -0.1) is 0 Å². The Morgan fingerprint density at radius 1 is 1.18 bits per heavy atom. The molecule has 0 aliphatic heterocycles. The fourth-order valence-corrected chi connectivity index (χ4v) is 2.64. The van der Waals surface area contributed by atoms with Crippen LogP contribution in [-0.4, -0.2) is 26.7 Å². The molecule has 1 amide bonds. The number of halogens is 1. The summed E-state index contributed by atoms with van der Waals surface area (Å²) < 4.78 is 16.0. The Hall–Kier alpha value is -3.17. The first kappa shape index (κ1) is 21.1. The molecule has 2 aromatic carbocycles. The predicted molar refractivity (Wildman–Crippen MR) is 109 cm³/mol. The summed E-state index contributed by atoms with van der Waals surface area (Å²) in [6.45, 7) is 4.18. The molecule has 146 valence electrons. The lowest BCUT2D eigenvalue weighted by molar-refractivity contribution is -0.112. The van der Waals surface area contributed by atoms with Gasteiger partial charge in [0.05, 0.1) is 26.5 Å². The first-order chi connectivity index (χ1) is 13.4. The van der Waals surface area contributed by atoms with Crippen LogP contribution in [0.15, 0.2) is 35.9 Å². The van der Waals surface area contributed by atoms with Crippen LogP contribution in [0.5, 0.6) is 17.2 Å². The molecule has 0 atom stereocenters. The summed E-state index contributed by atoms with van der Waals surface area (Å²) >= 11 is 6.08. The SMILES string of the molecule is CCOc1ccc(/C=C(\C#N)C(=O)Nc2cc(C)c(Cl)cc2OC)cc1OC. The van der Waals surface area contributed by atoms with Crippen molar-refractivity contribution in [1.82, 2.24) is 0 Å². The van der Waals surface area contributed by atoms with Crippen LogP contribution >= 0.6 is 11.6 Å². The van der Waals surface area contributed by atoms with Crippen molar-refractivity contribution in [1.29, 1.82) is 5.26 Å². The van der Waals surface area contributed by atoms with Crippen molar-refractivity contribution in [2.24, 2.45) is 0 Å². The van der Waals surface area contributed by atoms with Crippen LogP contribution in [0.1, 0.15) is 18.1 Å². The van der Waals surface area contributed by atoms with Gasteiger partial charge in [0.25, 0.3) is 5.91 Å². The second kappa shape index (κ2) is 9.67. The number of ether oxygens (including phenoxy) is 3. The number of carbonyl (C=O) groups is 1. The summed E-state index contributed by atoms with van der Waals surface area (Å²) in [5, 5.41) is 12.7. The highest BCUT2D eigenvalue weighted by Gasteiger charge is 2.15. The smallest absolute Gasteiger partial charge is 0.266 e. The molecule has 2 aromatic rings. The number of hydrogen-bond donors (Lipinski definition) is 1. The first-order valence-corrected chi connectivity index (χ1v) is 8.89. The number of aryl methyl sites for hydroxylation is 1. The zero-order valence-corrected chi connectivity index (χ0v) is 16.9. The van der Waals surface area contributed by atoms with Crippen molar-refractivity contribution in [3.63, 3.8) is 0 Å². The lowest BCUT2D eigenvalue weighted by Gasteiger charge is -2.12. The average molecular weight is 401 g/mol. The van der Waals surface area contributed by atoms with Gasteiger partial charge in [0, 0.05) is 11.1 Å². The summed E-state index contributed by atoms with van der Waals surface area (Å²) in [7, 11) is 3.00. The van der Waals surface area contributed by atoms with Gasteiger partial charge in [-0.1, -0.05) is 17.7 Å². The molecule has 6 nitrogen and oxygen atoms in total. The van der Waals surface area contributed by atoms with Gasteiger partial charge in [-0.2, -0.15) is 5.26 Å². The Balaban J connectivity index is 2.32. The molecular formula is C21H21ClN2O4. The number of amides is 1. The average Bonchev–Trinajstić information content (AvgIpc) is 2.69. The van der Waals surface area contributed by atoms with Crippen molar-refractivity contribution in [2.75, 3.05) is 26.1 Å². The van der Waals surface area contributed by atoms with Crippen molar-refractivity contribution in [3.05, 3.63) is 52.1 Å². The maximum absolute atomic E-state index is 12.6. The normalized spacial score (nSPS) is 10.8. The summed E-state index contributed by atoms with van der Waals surface area (Å²) in [4.78, 5) is 12.6. The highest BCUT2D eigenvalue weighted by molar-refractivity contribution is 6.31. The minimum Gasteiger partial charge on any atom is -0.495 e. The van der Waals surface area contributed by atoms with E-state index in [4.69, 9.17) is 25.8 Å². The Morgan fingerprint density at radius 2 is 1.89 bits per heavy atom. The number of anilines is 1. The number of hydrogen-bond acceptors (Lipinski definition) is 5. The molecular weight excluding hydrogens is 380 g/mol. The molecule has 0 aliphatic rings. The van der Waals surface area contributed by atoms with Gasteiger partial charge in [-0.05, 0) is 49.2 Å². The lowest BCUT2D eigenvalue weighted by Crippen LogP contribution is -2.14. The molecule has 7 heteroatoms. The van der Waals surface area contributed by atoms with Crippen molar-refractivity contribution in [3.8, 4) is 23.3 Å². The topological polar surface area (TPSA) is 80.6 Å². The molecule has 0 radical (unpaired) electrons. The van der Waals surface area contributed by atoms with Crippen LogP contribution in [0.2, 0.25) is 5.02 Å². The number of rotatable bonds is 7. The van der Waals surface area contributed by atoms with Crippen LogP contribution in [0, 0.1) is 18.3 Å². The predicted octanol–water partition coefficient (Wildman–Crippen LogP) is 4.61. The Kier molecular flexibility index (Phi) is 7.30. The molecule has 28 heavy (non-hydrogen) atoms. The molecule has 0 spiro atoms. The molecule has 0 saturated carbocycles. The van der Waals surface area contributed by atoms with Gasteiger partial charge in [0.1, 0.15) is 17.4 Å². The van der Waals surface area contributed by atoms with E-state index in [-0.39, 0.29) is 5.57 Å². The number of carbonyl (C=O) groups excluding carboxylic acids is 1. The van der Waals surface area contributed by atoms with E-state index in [0.29, 0.717) is 40.1 Å². The van der Waals surface area contributed by atoms with E-state index in [1.54, 1.807) is 30.3 Å². The van der Waals surface area contributed by atoms with E-state index in [1.165, 1.54) is 20.3 Å². The second-order valence-corrected chi connectivity index (χ2v) is 6.18. The fourth-order valence-electron chi connectivity index (χ4n) is 2.48. The zero-order valence-electron chi connectivity index (χ0n) is 16.1. The number of nitrogens with one attached hydrogen (secondary N) is 1. The molecule has 0 unspecified atom stereocenters. The Labute approximate surface area is 169 Å². The van der Waals surface area contributed by atoms with Crippen LogP contribution in [0.25, 0.3) is 6.08 Å². The molecule has 0 heterocycles. The standard InChI is InChI=1S/C21H21ClN2O4/c1-5-28-18-7-6-14(10-20(18)27-4)9-15(12-23)21(25)24-17-8-13(2)16(22)11-19(17)26-3/h6-11H,5H2,1-4H3,(H,24,25)/b15-9+. The second-order valence-electron chi connectivity index (χ2n) is 5.77. The van der Waals surface area contributed by atoms with E-state index in [1.807, 2.05) is 19.9 Å². The van der Waals surface area contributed by atoms with Crippen LogP contribution in [-0.2, 0) is 4.79 Å². The van der Waals surface area contributed by atoms with Crippen molar-refractivity contribution in [2.45, 2.75) is 13.8 Å². The zero-order chi connectivity index (χ0) is 20.7. The molecule has 2 rings (SSSR count). The maximum atomic E-state index is 12.6. The Morgan fingerprint density at radius 3 is 2.50 bits per heavy atom. The summed E-state index contributed by atoms with van der Waals surface area (Å²) in [5.41, 5.74) is 1.77. The molecule has 0 aliphatic carbocycles. The third-order valence-corrected chi connectivity index (χ3v) is 4.30. The lowest BCUT2D eigenvalue weighted by atomic mass is 10.1. The molecule has 0 fully saturated rings.